The standard InChI is InChI=1S/C12H12F3NO/c1-7(2)11-6-8-5-9(17-12(13,14)15)3-4-10(8)16-11/h3-5,7H,6H2,1-2H3. The molecular weight excluding hydrogens is 231 g/mol. The summed E-state index contributed by atoms with van der Waals surface area (Å²) in [6.45, 7) is 4.02. The van der Waals surface area contributed by atoms with Crippen molar-refractivity contribution in [2.75, 3.05) is 0 Å². The molecule has 0 bridgehead atoms. The number of fused-ring (bicyclic) bond motifs is 1. The molecule has 0 saturated carbocycles. The van der Waals surface area contributed by atoms with Crippen molar-refractivity contribution in [3.8, 4) is 5.75 Å². The minimum Gasteiger partial charge on any atom is -0.406 e. The van der Waals surface area contributed by atoms with E-state index in [-0.39, 0.29) is 5.75 Å². The van der Waals surface area contributed by atoms with Crippen LogP contribution in [0.2, 0.25) is 0 Å². The van der Waals surface area contributed by atoms with Gasteiger partial charge in [-0.05, 0) is 29.7 Å². The number of rotatable bonds is 2. The van der Waals surface area contributed by atoms with Crippen LogP contribution in [0.25, 0.3) is 0 Å². The summed E-state index contributed by atoms with van der Waals surface area (Å²) in [5.41, 5.74) is 2.52. The van der Waals surface area contributed by atoms with Crippen LogP contribution in [0.3, 0.4) is 0 Å². The second-order valence-electron chi connectivity index (χ2n) is 4.27. The molecule has 0 atom stereocenters. The lowest BCUT2D eigenvalue weighted by Crippen LogP contribution is -2.17. The molecule has 0 N–H and O–H groups in total. The molecule has 0 fully saturated rings. The summed E-state index contributed by atoms with van der Waals surface area (Å²) in [5, 5.41) is 0. The normalized spacial score (nSPS) is 14.8. The second kappa shape index (κ2) is 4.05. The lowest BCUT2D eigenvalue weighted by molar-refractivity contribution is -0.274. The summed E-state index contributed by atoms with van der Waals surface area (Å²) >= 11 is 0. The highest BCUT2D eigenvalue weighted by Crippen LogP contribution is 2.33. The largest absolute Gasteiger partial charge is 0.573 e. The van der Waals surface area contributed by atoms with Crippen LogP contribution < -0.4 is 4.74 Å². The number of benzene rings is 1. The Labute approximate surface area is 97.1 Å². The summed E-state index contributed by atoms with van der Waals surface area (Å²) in [7, 11) is 0. The Bertz CT molecular complexity index is 463. The maximum Gasteiger partial charge on any atom is 0.573 e. The predicted molar refractivity (Wildman–Crippen MR) is 58.8 cm³/mol. The molecule has 0 radical (unpaired) electrons. The van der Waals surface area contributed by atoms with Gasteiger partial charge in [-0.15, -0.1) is 13.2 Å². The van der Waals surface area contributed by atoms with Gasteiger partial charge in [0.15, 0.2) is 0 Å². The molecule has 0 unspecified atom stereocenters. The van der Waals surface area contributed by atoms with Gasteiger partial charge in [0, 0.05) is 12.1 Å². The van der Waals surface area contributed by atoms with Gasteiger partial charge in [0.1, 0.15) is 5.75 Å². The van der Waals surface area contributed by atoms with E-state index in [0.29, 0.717) is 12.3 Å². The van der Waals surface area contributed by atoms with Crippen LogP contribution in [-0.2, 0) is 6.42 Å². The molecule has 1 heterocycles. The van der Waals surface area contributed by atoms with Gasteiger partial charge in [-0.25, -0.2) is 0 Å². The number of halogens is 3. The van der Waals surface area contributed by atoms with Crippen molar-refractivity contribution in [1.29, 1.82) is 0 Å². The molecule has 0 saturated heterocycles. The Morgan fingerprint density at radius 2 is 2.00 bits per heavy atom. The highest BCUT2D eigenvalue weighted by atomic mass is 19.4. The van der Waals surface area contributed by atoms with Crippen molar-refractivity contribution in [2.45, 2.75) is 26.6 Å². The first-order valence-electron chi connectivity index (χ1n) is 5.31. The van der Waals surface area contributed by atoms with Gasteiger partial charge in [0.25, 0.3) is 0 Å². The summed E-state index contributed by atoms with van der Waals surface area (Å²) in [6.07, 6.45) is -4.05. The zero-order valence-corrected chi connectivity index (χ0v) is 9.51. The van der Waals surface area contributed by atoms with E-state index in [1.54, 1.807) is 6.07 Å². The van der Waals surface area contributed by atoms with Crippen molar-refractivity contribution >= 4 is 11.4 Å². The van der Waals surface area contributed by atoms with E-state index < -0.39 is 6.36 Å². The molecule has 1 aliphatic rings. The lowest BCUT2D eigenvalue weighted by atomic mass is 10.0. The van der Waals surface area contributed by atoms with Crippen LogP contribution in [0.15, 0.2) is 23.2 Å². The first-order chi connectivity index (χ1) is 7.85. The van der Waals surface area contributed by atoms with Crippen molar-refractivity contribution in [3.05, 3.63) is 23.8 Å². The highest BCUT2D eigenvalue weighted by Gasteiger charge is 2.31. The third kappa shape index (κ3) is 2.78. The average Bonchev–Trinajstić information content (AvgIpc) is 2.57. The first-order valence-corrected chi connectivity index (χ1v) is 5.31. The monoisotopic (exact) mass is 243 g/mol. The van der Waals surface area contributed by atoms with Crippen molar-refractivity contribution in [1.82, 2.24) is 0 Å². The Kier molecular flexibility index (Phi) is 2.85. The van der Waals surface area contributed by atoms with E-state index in [4.69, 9.17) is 0 Å². The quantitative estimate of drug-likeness (QED) is 0.772. The van der Waals surface area contributed by atoms with Gasteiger partial charge in [-0.2, -0.15) is 0 Å². The molecular formula is C12H12F3NO. The van der Waals surface area contributed by atoms with Gasteiger partial charge in [0.2, 0.25) is 0 Å². The Balaban J connectivity index is 2.20. The third-order valence-electron chi connectivity index (χ3n) is 2.59. The van der Waals surface area contributed by atoms with Crippen molar-refractivity contribution in [2.24, 2.45) is 10.9 Å². The van der Waals surface area contributed by atoms with E-state index in [2.05, 4.69) is 9.73 Å². The minimum atomic E-state index is -4.64. The molecule has 0 aliphatic carbocycles. The van der Waals surface area contributed by atoms with Crippen LogP contribution in [-0.4, -0.2) is 12.1 Å². The first kappa shape index (κ1) is 12.0. The van der Waals surface area contributed by atoms with Gasteiger partial charge in [-0.3, -0.25) is 4.99 Å². The maximum absolute atomic E-state index is 12.0. The molecule has 92 valence electrons. The molecule has 1 aromatic rings. The molecule has 17 heavy (non-hydrogen) atoms. The third-order valence-corrected chi connectivity index (χ3v) is 2.59. The summed E-state index contributed by atoms with van der Waals surface area (Å²) in [4.78, 5) is 4.37. The Hall–Kier alpha value is -1.52. The summed E-state index contributed by atoms with van der Waals surface area (Å²) in [5.74, 6) is 0.117. The number of aliphatic imine (C=N–C) groups is 1. The minimum absolute atomic E-state index is 0.184. The van der Waals surface area contributed by atoms with Crippen LogP contribution in [0.1, 0.15) is 19.4 Å². The number of ether oxygens (including phenoxy) is 1. The van der Waals surface area contributed by atoms with E-state index >= 15 is 0 Å². The Morgan fingerprint density at radius 3 is 2.59 bits per heavy atom. The fourth-order valence-electron chi connectivity index (χ4n) is 1.73. The Morgan fingerprint density at radius 1 is 1.29 bits per heavy atom. The van der Waals surface area contributed by atoms with Crippen LogP contribution in [0, 0.1) is 5.92 Å². The molecule has 0 amide bonds. The van der Waals surface area contributed by atoms with Crippen molar-refractivity contribution < 1.29 is 17.9 Å². The summed E-state index contributed by atoms with van der Waals surface area (Å²) < 4.78 is 40.0. The summed E-state index contributed by atoms with van der Waals surface area (Å²) in [6, 6.07) is 4.26. The molecule has 0 aromatic heterocycles. The molecule has 1 aromatic carbocycles. The van der Waals surface area contributed by atoms with Crippen molar-refractivity contribution in [3.63, 3.8) is 0 Å². The van der Waals surface area contributed by atoms with Crippen LogP contribution in [0.4, 0.5) is 18.9 Å². The number of hydrogen-bond acceptors (Lipinski definition) is 2. The lowest BCUT2D eigenvalue weighted by Gasteiger charge is -2.09. The van der Waals surface area contributed by atoms with Crippen LogP contribution in [0.5, 0.6) is 5.75 Å². The highest BCUT2D eigenvalue weighted by molar-refractivity contribution is 5.95. The fourth-order valence-corrected chi connectivity index (χ4v) is 1.73. The van der Waals surface area contributed by atoms with Gasteiger partial charge >= 0.3 is 6.36 Å². The van der Waals surface area contributed by atoms with Gasteiger partial charge < -0.3 is 4.74 Å². The van der Waals surface area contributed by atoms with E-state index in [1.165, 1.54) is 12.1 Å². The molecule has 0 spiro atoms. The predicted octanol–water partition coefficient (Wildman–Crippen LogP) is 3.87. The zero-order valence-electron chi connectivity index (χ0n) is 9.51. The van der Waals surface area contributed by atoms with Gasteiger partial charge in [-0.1, -0.05) is 13.8 Å². The molecule has 1 aliphatic heterocycles. The SMILES string of the molecule is CC(C)C1=Nc2ccc(OC(F)(F)F)cc2C1. The molecule has 5 heteroatoms. The average molecular weight is 243 g/mol. The fraction of sp³-hybridized carbons (Fsp3) is 0.417. The van der Waals surface area contributed by atoms with E-state index in [9.17, 15) is 13.2 Å². The maximum atomic E-state index is 12.0. The van der Waals surface area contributed by atoms with Crippen LogP contribution >= 0.6 is 0 Å². The van der Waals surface area contributed by atoms with E-state index in [0.717, 1.165) is 17.0 Å². The molecule has 2 rings (SSSR count). The number of alkyl halides is 3. The molecule has 2 nitrogen and oxygen atoms in total. The number of hydrogen-bond donors (Lipinski definition) is 0. The second-order valence-corrected chi connectivity index (χ2v) is 4.27. The smallest absolute Gasteiger partial charge is 0.406 e. The number of nitrogens with zero attached hydrogens (tertiary/aromatic N) is 1. The zero-order chi connectivity index (χ0) is 12.6. The topological polar surface area (TPSA) is 21.6 Å². The van der Waals surface area contributed by atoms with Gasteiger partial charge in [0.05, 0.1) is 5.69 Å². The van der Waals surface area contributed by atoms with E-state index in [1.807, 2.05) is 13.8 Å².